The van der Waals surface area contributed by atoms with Gasteiger partial charge in [0.1, 0.15) is 11.5 Å². The first-order chi connectivity index (χ1) is 5.81. The molecule has 1 heterocycles. The largest absolute Gasteiger partial charge is 0.464 e. The highest BCUT2D eigenvalue weighted by Gasteiger charge is 2.21. The van der Waals surface area contributed by atoms with Crippen molar-refractivity contribution in [2.45, 2.75) is 38.6 Å². The van der Waals surface area contributed by atoms with Gasteiger partial charge in [0.05, 0.1) is 6.04 Å². The Kier molecular flexibility index (Phi) is 1.93. The van der Waals surface area contributed by atoms with E-state index < -0.39 is 0 Å². The van der Waals surface area contributed by atoms with E-state index in [2.05, 4.69) is 13.0 Å². The minimum Gasteiger partial charge on any atom is -0.464 e. The molecule has 0 radical (unpaired) electrons. The first-order valence-electron chi connectivity index (χ1n) is 4.68. The first kappa shape index (κ1) is 7.87. The summed E-state index contributed by atoms with van der Waals surface area (Å²) in [5.74, 6) is 2.12. The van der Waals surface area contributed by atoms with Crippen molar-refractivity contribution in [1.82, 2.24) is 0 Å². The molecular weight excluding hydrogens is 150 g/mol. The lowest BCUT2D eigenvalue weighted by molar-refractivity contribution is 0.402. The average molecular weight is 165 g/mol. The maximum Gasteiger partial charge on any atom is 0.124 e. The van der Waals surface area contributed by atoms with Crippen LogP contribution in [0.5, 0.6) is 0 Å². The van der Waals surface area contributed by atoms with Gasteiger partial charge in [-0.25, -0.2) is 0 Å². The van der Waals surface area contributed by atoms with Crippen LogP contribution in [-0.2, 0) is 12.8 Å². The van der Waals surface area contributed by atoms with E-state index in [1.165, 1.54) is 12.0 Å². The number of hydrogen-bond donors (Lipinski definition) is 1. The van der Waals surface area contributed by atoms with Gasteiger partial charge in [-0.2, -0.15) is 0 Å². The summed E-state index contributed by atoms with van der Waals surface area (Å²) in [6.45, 7) is 2.11. The predicted octanol–water partition coefficient (Wildman–Crippen LogP) is 2.18. The van der Waals surface area contributed by atoms with E-state index in [-0.39, 0.29) is 6.04 Å². The van der Waals surface area contributed by atoms with Gasteiger partial charge >= 0.3 is 0 Å². The molecule has 0 amide bonds. The summed E-state index contributed by atoms with van der Waals surface area (Å²) in [7, 11) is 0. The van der Waals surface area contributed by atoms with E-state index >= 15 is 0 Å². The van der Waals surface area contributed by atoms with Gasteiger partial charge in [0.2, 0.25) is 0 Å². The average Bonchev–Trinajstić information content (AvgIpc) is 2.49. The predicted molar refractivity (Wildman–Crippen MR) is 48.0 cm³/mol. The van der Waals surface area contributed by atoms with Crippen molar-refractivity contribution in [2.75, 3.05) is 0 Å². The van der Waals surface area contributed by atoms with Crippen molar-refractivity contribution in [2.24, 2.45) is 5.73 Å². The molecule has 0 fully saturated rings. The van der Waals surface area contributed by atoms with Crippen LogP contribution >= 0.6 is 0 Å². The molecule has 2 N–H and O–H groups in total. The summed E-state index contributed by atoms with van der Waals surface area (Å²) >= 11 is 0. The molecule has 0 aliphatic heterocycles. The second-order valence-corrected chi connectivity index (χ2v) is 3.45. The Hall–Kier alpha value is -0.760. The zero-order valence-electron chi connectivity index (χ0n) is 7.47. The summed E-state index contributed by atoms with van der Waals surface area (Å²) in [6.07, 6.45) is 4.40. The molecule has 1 aromatic heterocycles. The topological polar surface area (TPSA) is 39.2 Å². The molecule has 0 aromatic carbocycles. The molecule has 0 bridgehead atoms. The van der Waals surface area contributed by atoms with Crippen LogP contribution in [0.25, 0.3) is 0 Å². The van der Waals surface area contributed by atoms with Gasteiger partial charge in [-0.3, -0.25) is 0 Å². The van der Waals surface area contributed by atoms with Crippen LogP contribution in [0.2, 0.25) is 0 Å². The van der Waals surface area contributed by atoms with Crippen molar-refractivity contribution in [3.05, 3.63) is 23.2 Å². The maximum absolute atomic E-state index is 5.92. The van der Waals surface area contributed by atoms with E-state index in [1.807, 2.05) is 0 Å². The van der Waals surface area contributed by atoms with Crippen LogP contribution in [0.4, 0.5) is 0 Å². The van der Waals surface area contributed by atoms with E-state index in [1.54, 1.807) is 0 Å². The number of rotatable bonds is 1. The van der Waals surface area contributed by atoms with Gasteiger partial charge in [-0.05, 0) is 30.9 Å². The third-order valence-electron chi connectivity index (χ3n) is 2.54. The summed E-state index contributed by atoms with van der Waals surface area (Å²) in [5.41, 5.74) is 7.26. The number of nitrogens with two attached hydrogens (primary N) is 1. The van der Waals surface area contributed by atoms with Gasteiger partial charge in [-0.1, -0.05) is 6.92 Å². The van der Waals surface area contributed by atoms with E-state index in [9.17, 15) is 0 Å². The maximum atomic E-state index is 5.92. The molecule has 2 heteroatoms. The zero-order valence-corrected chi connectivity index (χ0v) is 7.47. The van der Waals surface area contributed by atoms with Crippen molar-refractivity contribution < 1.29 is 4.42 Å². The molecule has 2 rings (SSSR count). The molecule has 0 saturated carbocycles. The molecule has 1 aromatic rings. The molecule has 12 heavy (non-hydrogen) atoms. The van der Waals surface area contributed by atoms with Crippen LogP contribution in [0.15, 0.2) is 10.5 Å². The quantitative estimate of drug-likeness (QED) is 0.692. The van der Waals surface area contributed by atoms with E-state index in [0.717, 1.165) is 30.8 Å². The fourth-order valence-electron chi connectivity index (χ4n) is 1.83. The second kappa shape index (κ2) is 2.94. The second-order valence-electron chi connectivity index (χ2n) is 3.45. The molecular formula is C10H15NO. The molecule has 0 saturated heterocycles. The minimum atomic E-state index is 0.147. The van der Waals surface area contributed by atoms with Gasteiger partial charge in [0.15, 0.2) is 0 Å². The Balaban J connectivity index is 2.37. The van der Waals surface area contributed by atoms with Gasteiger partial charge < -0.3 is 10.2 Å². The van der Waals surface area contributed by atoms with Gasteiger partial charge in [0, 0.05) is 6.42 Å². The highest BCUT2D eigenvalue weighted by molar-refractivity contribution is 5.26. The molecule has 1 aliphatic rings. The van der Waals surface area contributed by atoms with Crippen molar-refractivity contribution in [3.63, 3.8) is 0 Å². The summed E-state index contributed by atoms with van der Waals surface area (Å²) in [6, 6.07) is 2.31. The van der Waals surface area contributed by atoms with E-state index in [4.69, 9.17) is 10.2 Å². The molecule has 0 spiro atoms. The lowest BCUT2D eigenvalue weighted by Crippen LogP contribution is -2.15. The Morgan fingerprint density at radius 3 is 3.17 bits per heavy atom. The summed E-state index contributed by atoms with van der Waals surface area (Å²) in [5, 5.41) is 0. The molecule has 66 valence electrons. The summed E-state index contributed by atoms with van der Waals surface area (Å²) < 4.78 is 5.64. The monoisotopic (exact) mass is 165 g/mol. The molecule has 1 aliphatic carbocycles. The normalized spacial score (nSPS) is 22.3. The number of fused-ring (bicyclic) bond motifs is 1. The molecule has 1 atom stereocenters. The SMILES string of the molecule is CCc1cc2c(o1)C(N)CCC2. The van der Waals surface area contributed by atoms with Crippen molar-refractivity contribution in [1.29, 1.82) is 0 Å². The van der Waals surface area contributed by atoms with Crippen LogP contribution in [-0.4, -0.2) is 0 Å². The van der Waals surface area contributed by atoms with Crippen LogP contribution < -0.4 is 5.73 Å². The first-order valence-corrected chi connectivity index (χ1v) is 4.68. The van der Waals surface area contributed by atoms with E-state index in [0.29, 0.717) is 0 Å². The lowest BCUT2D eigenvalue weighted by atomic mass is 9.95. The van der Waals surface area contributed by atoms with Crippen LogP contribution in [0, 0.1) is 0 Å². The number of hydrogen-bond acceptors (Lipinski definition) is 2. The molecule has 2 nitrogen and oxygen atoms in total. The van der Waals surface area contributed by atoms with Crippen LogP contribution in [0.3, 0.4) is 0 Å². The standard InChI is InChI=1S/C10H15NO/c1-2-8-6-7-4-3-5-9(11)10(7)12-8/h6,9H,2-5,11H2,1H3. The summed E-state index contributed by atoms with van der Waals surface area (Å²) in [4.78, 5) is 0. The van der Waals surface area contributed by atoms with Crippen molar-refractivity contribution in [3.8, 4) is 0 Å². The zero-order chi connectivity index (χ0) is 8.55. The Bertz CT molecular complexity index is 277. The highest BCUT2D eigenvalue weighted by atomic mass is 16.3. The Morgan fingerprint density at radius 1 is 1.67 bits per heavy atom. The fourth-order valence-corrected chi connectivity index (χ4v) is 1.83. The Labute approximate surface area is 72.7 Å². The fraction of sp³-hybridized carbons (Fsp3) is 0.600. The molecule has 1 unspecified atom stereocenters. The smallest absolute Gasteiger partial charge is 0.124 e. The minimum absolute atomic E-state index is 0.147. The third kappa shape index (κ3) is 1.16. The highest BCUT2D eigenvalue weighted by Crippen LogP contribution is 2.30. The third-order valence-corrected chi connectivity index (χ3v) is 2.54. The van der Waals surface area contributed by atoms with Gasteiger partial charge in [0.25, 0.3) is 0 Å². The van der Waals surface area contributed by atoms with Crippen LogP contribution in [0.1, 0.15) is 42.9 Å². The van der Waals surface area contributed by atoms with Crippen molar-refractivity contribution >= 4 is 0 Å². The Morgan fingerprint density at radius 2 is 2.50 bits per heavy atom. The number of aryl methyl sites for hydroxylation is 2. The number of furan rings is 1. The van der Waals surface area contributed by atoms with Gasteiger partial charge in [-0.15, -0.1) is 0 Å². The lowest BCUT2D eigenvalue weighted by Gasteiger charge is -2.15.